The van der Waals surface area contributed by atoms with Crippen molar-refractivity contribution in [2.45, 2.75) is 51.6 Å². The summed E-state index contributed by atoms with van der Waals surface area (Å²) in [5.41, 5.74) is 1.67. The molecular formula is C16H23FN2O. The van der Waals surface area contributed by atoms with Gasteiger partial charge in [0.2, 0.25) is 5.91 Å². The predicted molar refractivity (Wildman–Crippen MR) is 78.0 cm³/mol. The standard InChI is InChI=1S/C16H23FN2O/c1-16(2,3)19-15(20)9-10-18-14-8-7-11-12(14)5-4-6-13(11)17/h4-6,14,18H,7-10H2,1-3H3,(H,19,20). The highest BCUT2D eigenvalue weighted by Crippen LogP contribution is 2.32. The summed E-state index contributed by atoms with van der Waals surface area (Å²) in [6, 6.07) is 5.40. The first-order chi connectivity index (χ1) is 9.37. The van der Waals surface area contributed by atoms with Gasteiger partial charge in [0.1, 0.15) is 5.82 Å². The minimum atomic E-state index is -0.194. The second-order valence-corrected chi connectivity index (χ2v) is 6.40. The molecule has 0 radical (unpaired) electrons. The Hall–Kier alpha value is -1.42. The molecule has 2 N–H and O–H groups in total. The van der Waals surface area contributed by atoms with Crippen LogP contribution in [-0.2, 0) is 11.2 Å². The van der Waals surface area contributed by atoms with Gasteiger partial charge in [-0.25, -0.2) is 4.39 Å². The molecule has 1 aromatic rings. The zero-order chi connectivity index (χ0) is 14.8. The maximum Gasteiger partial charge on any atom is 0.221 e. The Morgan fingerprint density at radius 1 is 1.40 bits per heavy atom. The third-order valence-corrected chi connectivity index (χ3v) is 3.47. The summed E-state index contributed by atoms with van der Waals surface area (Å²) in [6.45, 7) is 6.51. The van der Waals surface area contributed by atoms with Crippen LogP contribution in [0.3, 0.4) is 0 Å². The van der Waals surface area contributed by atoms with Crippen molar-refractivity contribution in [2.75, 3.05) is 6.54 Å². The van der Waals surface area contributed by atoms with E-state index in [1.165, 1.54) is 6.07 Å². The molecular weight excluding hydrogens is 255 g/mol. The van der Waals surface area contributed by atoms with Gasteiger partial charge in [-0.2, -0.15) is 0 Å². The van der Waals surface area contributed by atoms with E-state index in [2.05, 4.69) is 10.6 Å². The van der Waals surface area contributed by atoms with Crippen LogP contribution in [0.5, 0.6) is 0 Å². The number of carbonyl (C=O) groups excluding carboxylic acids is 1. The average Bonchev–Trinajstić information content (AvgIpc) is 2.72. The molecule has 20 heavy (non-hydrogen) atoms. The van der Waals surface area contributed by atoms with E-state index >= 15 is 0 Å². The minimum Gasteiger partial charge on any atom is -0.351 e. The first-order valence-corrected chi connectivity index (χ1v) is 7.18. The van der Waals surface area contributed by atoms with E-state index in [-0.39, 0.29) is 23.3 Å². The number of rotatable bonds is 4. The van der Waals surface area contributed by atoms with Gasteiger partial charge in [-0.15, -0.1) is 0 Å². The number of nitrogens with one attached hydrogen (secondary N) is 2. The van der Waals surface area contributed by atoms with Crippen LogP contribution in [0.1, 0.15) is 50.8 Å². The van der Waals surface area contributed by atoms with Gasteiger partial charge >= 0.3 is 0 Å². The second-order valence-electron chi connectivity index (χ2n) is 6.40. The van der Waals surface area contributed by atoms with Crippen LogP contribution in [0, 0.1) is 5.82 Å². The molecule has 0 spiro atoms. The van der Waals surface area contributed by atoms with E-state index in [1.807, 2.05) is 26.8 Å². The number of hydrogen-bond acceptors (Lipinski definition) is 2. The van der Waals surface area contributed by atoms with Crippen molar-refractivity contribution in [1.29, 1.82) is 0 Å². The summed E-state index contributed by atoms with van der Waals surface area (Å²) in [5, 5.41) is 6.29. The summed E-state index contributed by atoms with van der Waals surface area (Å²) >= 11 is 0. The maximum absolute atomic E-state index is 13.6. The highest BCUT2D eigenvalue weighted by atomic mass is 19.1. The summed E-state index contributed by atoms with van der Waals surface area (Å²) in [7, 11) is 0. The number of fused-ring (bicyclic) bond motifs is 1. The Morgan fingerprint density at radius 3 is 2.85 bits per heavy atom. The third kappa shape index (κ3) is 3.79. The first kappa shape index (κ1) is 15.0. The summed E-state index contributed by atoms with van der Waals surface area (Å²) in [4.78, 5) is 11.7. The topological polar surface area (TPSA) is 41.1 Å². The number of amides is 1. The lowest BCUT2D eigenvalue weighted by atomic mass is 10.1. The molecule has 0 aromatic heterocycles. The van der Waals surface area contributed by atoms with Crippen LogP contribution in [-0.4, -0.2) is 18.0 Å². The van der Waals surface area contributed by atoms with E-state index in [1.54, 1.807) is 6.07 Å². The summed E-state index contributed by atoms with van der Waals surface area (Å²) in [6.07, 6.45) is 2.11. The Bertz CT molecular complexity index is 494. The number of benzene rings is 1. The quantitative estimate of drug-likeness (QED) is 0.889. The lowest BCUT2D eigenvalue weighted by Gasteiger charge is -2.21. The molecule has 1 aromatic carbocycles. The van der Waals surface area contributed by atoms with Gasteiger partial charge in [0.25, 0.3) is 0 Å². The molecule has 4 heteroatoms. The van der Waals surface area contributed by atoms with Crippen molar-refractivity contribution in [3.8, 4) is 0 Å². The van der Waals surface area contributed by atoms with Gasteiger partial charge < -0.3 is 10.6 Å². The maximum atomic E-state index is 13.6. The normalized spacial score (nSPS) is 17.9. The van der Waals surface area contributed by atoms with Crippen molar-refractivity contribution in [2.24, 2.45) is 0 Å². The first-order valence-electron chi connectivity index (χ1n) is 7.18. The Kier molecular flexibility index (Phi) is 4.43. The zero-order valence-electron chi connectivity index (χ0n) is 12.4. The Morgan fingerprint density at radius 2 is 2.15 bits per heavy atom. The lowest BCUT2D eigenvalue weighted by Crippen LogP contribution is -2.41. The summed E-state index contributed by atoms with van der Waals surface area (Å²) < 4.78 is 13.6. The van der Waals surface area contributed by atoms with Gasteiger partial charge in [-0.05, 0) is 50.8 Å². The average molecular weight is 278 g/mol. The minimum absolute atomic E-state index is 0.0439. The molecule has 1 unspecified atom stereocenters. The fourth-order valence-electron chi connectivity index (χ4n) is 2.66. The van der Waals surface area contributed by atoms with Crippen molar-refractivity contribution in [1.82, 2.24) is 10.6 Å². The molecule has 0 aliphatic heterocycles. The number of hydrogen-bond donors (Lipinski definition) is 2. The largest absolute Gasteiger partial charge is 0.351 e. The smallest absolute Gasteiger partial charge is 0.221 e. The van der Waals surface area contributed by atoms with Gasteiger partial charge in [-0.1, -0.05) is 12.1 Å². The SMILES string of the molecule is CC(C)(C)NC(=O)CCNC1CCc2c(F)cccc21. The fourth-order valence-corrected chi connectivity index (χ4v) is 2.66. The predicted octanol–water partition coefficient (Wildman–Crippen LogP) is 2.71. The summed E-state index contributed by atoms with van der Waals surface area (Å²) in [5.74, 6) is -0.0697. The van der Waals surface area contributed by atoms with E-state index in [4.69, 9.17) is 0 Å². The number of halogens is 1. The van der Waals surface area contributed by atoms with Crippen LogP contribution in [0.15, 0.2) is 18.2 Å². The third-order valence-electron chi connectivity index (χ3n) is 3.47. The van der Waals surface area contributed by atoms with Gasteiger partial charge in [0, 0.05) is 24.5 Å². The molecule has 1 aliphatic carbocycles. The molecule has 0 fully saturated rings. The Balaban J connectivity index is 1.83. The monoisotopic (exact) mass is 278 g/mol. The van der Waals surface area contributed by atoms with Crippen LogP contribution >= 0.6 is 0 Å². The Labute approximate surface area is 120 Å². The molecule has 0 bridgehead atoms. The van der Waals surface area contributed by atoms with Gasteiger partial charge in [0.15, 0.2) is 0 Å². The molecule has 2 rings (SSSR count). The van der Waals surface area contributed by atoms with Gasteiger partial charge in [0.05, 0.1) is 0 Å². The van der Waals surface area contributed by atoms with Crippen molar-refractivity contribution in [3.63, 3.8) is 0 Å². The number of carbonyl (C=O) groups is 1. The highest BCUT2D eigenvalue weighted by molar-refractivity contribution is 5.76. The van der Waals surface area contributed by atoms with E-state index in [0.29, 0.717) is 13.0 Å². The second kappa shape index (κ2) is 5.92. The van der Waals surface area contributed by atoms with Crippen LogP contribution in [0.4, 0.5) is 4.39 Å². The van der Waals surface area contributed by atoms with Crippen molar-refractivity contribution >= 4 is 5.91 Å². The van der Waals surface area contributed by atoms with Gasteiger partial charge in [-0.3, -0.25) is 4.79 Å². The fraction of sp³-hybridized carbons (Fsp3) is 0.562. The molecule has 0 heterocycles. The molecule has 0 saturated heterocycles. The van der Waals surface area contributed by atoms with Crippen LogP contribution in [0.2, 0.25) is 0 Å². The molecule has 1 atom stereocenters. The van der Waals surface area contributed by atoms with E-state index in [9.17, 15) is 9.18 Å². The highest BCUT2D eigenvalue weighted by Gasteiger charge is 2.24. The zero-order valence-corrected chi connectivity index (χ0v) is 12.4. The molecule has 110 valence electrons. The molecule has 1 aliphatic rings. The molecule has 0 saturated carbocycles. The van der Waals surface area contributed by atoms with Crippen molar-refractivity contribution in [3.05, 3.63) is 35.1 Å². The van der Waals surface area contributed by atoms with E-state index in [0.717, 1.165) is 24.0 Å². The van der Waals surface area contributed by atoms with Crippen LogP contribution in [0.25, 0.3) is 0 Å². The molecule has 3 nitrogen and oxygen atoms in total. The van der Waals surface area contributed by atoms with E-state index < -0.39 is 0 Å². The lowest BCUT2D eigenvalue weighted by molar-refractivity contribution is -0.122. The van der Waals surface area contributed by atoms with Crippen molar-refractivity contribution < 1.29 is 9.18 Å². The molecule has 1 amide bonds. The van der Waals surface area contributed by atoms with Crippen LogP contribution < -0.4 is 10.6 Å².